The average Bonchev–Trinajstić information content (AvgIpc) is 2.84. The number of aromatic nitrogens is 3. The monoisotopic (exact) mass is 484 g/mol. The number of rotatable bonds is 8. The Morgan fingerprint density at radius 2 is 2.06 bits per heavy atom. The van der Waals surface area contributed by atoms with E-state index in [0.717, 1.165) is 10.9 Å². The fourth-order valence-corrected chi connectivity index (χ4v) is 3.91. The lowest BCUT2D eigenvalue weighted by Gasteiger charge is -2.40. The molecule has 0 aliphatic carbocycles. The topological polar surface area (TPSA) is 124 Å². The summed E-state index contributed by atoms with van der Waals surface area (Å²) >= 11 is 5.78. The van der Waals surface area contributed by atoms with Crippen LogP contribution in [0, 0.1) is 0 Å². The van der Waals surface area contributed by atoms with Gasteiger partial charge in [0.15, 0.2) is 6.61 Å². The number of benzene rings is 1. The van der Waals surface area contributed by atoms with Gasteiger partial charge in [-0.15, -0.1) is 0 Å². The van der Waals surface area contributed by atoms with Crippen LogP contribution < -0.4 is 10.5 Å². The number of ether oxygens (including phenoxy) is 2. The number of nitrogen functional groups attached to an aromatic ring is 1. The van der Waals surface area contributed by atoms with Gasteiger partial charge in [0.1, 0.15) is 29.1 Å². The van der Waals surface area contributed by atoms with Crippen molar-refractivity contribution in [3.8, 4) is 5.75 Å². The lowest BCUT2D eigenvalue weighted by atomic mass is 10.1. The summed E-state index contributed by atoms with van der Waals surface area (Å²) in [5.74, 6) is 0.354. The molecule has 0 unspecified atom stereocenters. The number of hydrogen-bond donors (Lipinski definition) is 1. The number of carbonyl (C=O) groups excluding carboxylic acids is 2. The minimum atomic E-state index is -0.730. The van der Waals surface area contributed by atoms with E-state index in [4.69, 9.17) is 26.8 Å². The maximum absolute atomic E-state index is 13.3. The highest BCUT2D eigenvalue weighted by molar-refractivity contribution is 6.29. The van der Waals surface area contributed by atoms with Crippen LogP contribution in [-0.2, 0) is 20.9 Å². The van der Waals surface area contributed by atoms with Crippen LogP contribution in [-0.4, -0.2) is 75.5 Å². The molecule has 1 aliphatic rings. The van der Waals surface area contributed by atoms with E-state index in [2.05, 4.69) is 15.0 Å². The first kappa shape index (κ1) is 23.7. The Morgan fingerprint density at radius 3 is 2.82 bits per heavy atom. The van der Waals surface area contributed by atoms with Crippen LogP contribution >= 0.6 is 11.6 Å². The SMILES string of the molecule is CCOC[C@H]1C(=O)N(Cc2ccc3c(N)ncnc3c2)CCN1C(=O)COc1ccc(Cl)nc1. The zero-order valence-corrected chi connectivity index (χ0v) is 19.4. The molecule has 1 saturated heterocycles. The largest absolute Gasteiger partial charge is 0.482 e. The second kappa shape index (κ2) is 10.6. The molecule has 10 nitrogen and oxygen atoms in total. The molecule has 2 N–H and O–H groups in total. The van der Waals surface area contributed by atoms with Gasteiger partial charge >= 0.3 is 0 Å². The maximum Gasteiger partial charge on any atom is 0.261 e. The summed E-state index contributed by atoms with van der Waals surface area (Å²) in [5, 5.41) is 1.10. The number of hydrogen-bond acceptors (Lipinski definition) is 8. The van der Waals surface area contributed by atoms with Crippen molar-refractivity contribution < 1.29 is 19.1 Å². The number of anilines is 1. The number of piperazine rings is 1. The third-order valence-electron chi connectivity index (χ3n) is 5.55. The van der Waals surface area contributed by atoms with Gasteiger partial charge in [0.05, 0.1) is 18.3 Å². The normalized spacial score (nSPS) is 16.2. The summed E-state index contributed by atoms with van der Waals surface area (Å²) in [7, 11) is 0. The van der Waals surface area contributed by atoms with E-state index in [1.807, 2.05) is 25.1 Å². The van der Waals surface area contributed by atoms with Crippen molar-refractivity contribution in [2.45, 2.75) is 19.5 Å². The highest BCUT2D eigenvalue weighted by Gasteiger charge is 2.37. The molecule has 2 aromatic heterocycles. The van der Waals surface area contributed by atoms with Gasteiger partial charge in [0, 0.05) is 31.6 Å². The van der Waals surface area contributed by atoms with Crippen LogP contribution in [0.5, 0.6) is 5.75 Å². The average molecular weight is 485 g/mol. The van der Waals surface area contributed by atoms with E-state index in [-0.39, 0.29) is 25.0 Å². The molecule has 2 amide bonds. The summed E-state index contributed by atoms with van der Waals surface area (Å²) in [6, 6.07) is 8.12. The molecule has 1 atom stereocenters. The van der Waals surface area contributed by atoms with Crippen LogP contribution in [0.1, 0.15) is 12.5 Å². The van der Waals surface area contributed by atoms with E-state index in [9.17, 15) is 9.59 Å². The summed E-state index contributed by atoms with van der Waals surface area (Å²) in [5.41, 5.74) is 7.53. The molecule has 0 bridgehead atoms. The molecule has 0 radical (unpaired) electrons. The van der Waals surface area contributed by atoms with Gasteiger partial charge in [0.2, 0.25) is 5.91 Å². The van der Waals surface area contributed by atoms with E-state index < -0.39 is 6.04 Å². The van der Waals surface area contributed by atoms with Crippen molar-refractivity contribution in [1.29, 1.82) is 0 Å². The molecule has 4 rings (SSSR count). The lowest BCUT2D eigenvalue weighted by molar-refractivity contribution is -0.155. The van der Waals surface area contributed by atoms with Crippen molar-refractivity contribution in [3.05, 3.63) is 53.6 Å². The molecule has 34 heavy (non-hydrogen) atoms. The molecule has 178 valence electrons. The lowest BCUT2D eigenvalue weighted by Crippen LogP contribution is -2.60. The Balaban J connectivity index is 1.44. The Labute approximate surface area is 201 Å². The number of halogens is 1. The number of fused-ring (bicyclic) bond motifs is 1. The van der Waals surface area contributed by atoms with Gasteiger partial charge in [-0.1, -0.05) is 17.7 Å². The first-order valence-corrected chi connectivity index (χ1v) is 11.2. The standard InChI is InChI=1S/C23H25ClN6O4/c1-2-33-12-19-23(32)29(11-15-3-5-17-18(9-15)27-14-28-22(17)25)7-8-30(19)21(31)13-34-16-4-6-20(24)26-10-16/h3-6,9-10,14,19H,2,7-8,11-13H2,1H3,(H2,25,27,28)/t19-/m0/s1. The number of amides is 2. The number of carbonyl (C=O) groups is 2. The minimum Gasteiger partial charge on any atom is -0.482 e. The Hall–Kier alpha value is -3.50. The van der Waals surface area contributed by atoms with E-state index in [1.54, 1.807) is 17.0 Å². The van der Waals surface area contributed by atoms with Crippen molar-refractivity contribution in [2.75, 3.05) is 38.6 Å². The van der Waals surface area contributed by atoms with Gasteiger partial charge < -0.3 is 25.0 Å². The number of nitrogens with two attached hydrogens (primary N) is 1. The zero-order chi connectivity index (χ0) is 24.1. The summed E-state index contributed by atoms with van der Waals surface area (Å²) in [4.78, 5) is 41.7. The smallest absolute Gasteiger partial charge is 0.261 e. The van der Waals surface area contributed by atoms with Gasteiger partial charge in [-0.2, -0.15) is 0 Å². The molecular formula is C23H25ClN6O4. The predicted molar refractivity (Wildman–Crippen MR) is 126 cm³/mol. The Morgan fingerprint density at radius 1 is 1.21 bits per heavy atom. The van der Waals surface area contributed by atoms with Crippen LogP contribution in [0.4, 0.5) is 5.82 Å². The minimum absolute atomic E-state index is 0.113. The molecule has 1 fully saturated rings. The summed E-state index contributed by atoms with van der Waals surface area (Å²) in [6.45, 7) is 3.32. The first-order chi connectivity index (χ1) is 16.5. The Kier molecular flexibility index (Phi) is 7.39. The third kappa shape index (κ3) is 5.35. The van der Waals surface area contributed by atoms with Crippen LogP contribution in [0.2, 0.25) is 5.15 Å². The van der Waals surface area contributed by atoms with Crippen LogP contribution in [0.15, 0.2) is 42.9 Å². The second-order valence-corrected chi connectivity index (χ2v) is 8.13. The number of pyridine rings is 1. The van der Waals surface area contributed by atoms with Crippen LogP contribution in [0.3, 0.4) is 0 Å². The third-order valence-corrected chi connectivity index (χ3v) is 5.78. The van der Waals surface area contributed by atoms with Gasteiger partial charge in [-0.3, -0.25) is 9.59 Å². The summed E-state index contributed by atoms with van der Waals surface area (Å²) < 4.78 is 11.1. The first-order valence-electron chi connectivity index (χ1n) is 10.9. The van der Waals surface area contributed by atoms with E-state index in [1.165, 1.54) is 17.4 Å². The van der Waals surface area contributed by atoms with Crippen molar-refractivity contribution in [2.24, 2.45) is 0 Å². The highest BCUT2D eigenvalue weighted by Crippen LogP contribution is 2.21. The van der Waals surface area contributed by atoms with E-state index in [0.29, 0.717) is 48.5 Å². The predicted octanol–water partition coefficient (Wildman–Crippen LogP) is 1.92. The van der Waals surface area contributed by atoms with Crippen molar-refractivity contribution >= 4 is 40.1 Å². The van der Waals surface area contributed by atoms with E-state index >= 15 is 0 Å². The highest BCUT2D eigenvalue weighted by atomic mass is 35.5. The molecule has 1 aliphatic heterocycles. The maximum atomic E-state index is 13.3. The summed E-state index contributed by atoms with van der Waals surface area (Å²) in [6.07, 6.45) is 2.86. The Bertz CT molecular complexity index is 1180. The quantitative estimate of drug-likeness (QED) is 0.481. The fraction of sp³-hybridized carbons (Fsp3) is 0.348. The molecular weight excluding hydrogens is 460 g/mol. The van der Waals surface area contributed by atoms with Crippen molar-refractivity contribution in [1.82, 2.24) is 24.8 Å². The second-order valence-electron chi connectivity index (χ2n) is 7.74. The van der Waals surface area contributed by atoms with Gasteiger partial charge in [0.25, 0.3) is 5.91 Å². The van der Waals surface area contributed by atoms with Crippen LogP contribution in [0.25, 0.3) is 10.9 Å². The number of nitrogens with zero attached hydrogens (tertiary/aromatic N) is 5. The van der Waals surface area contributed by atoms with Gasteiger partial charge in [-0.25, -0.2) is 15.0 Å². The molecule has 0 spiro atoms. The molecule has 3 aromatic rings. The zero-order valence-electron chi connectivity index (χ0n) is 18.7. The van der Waals surface area contributed by atoms with Gasteiger partial charge in [-0.05, 0) is 36.8 Å². The fourth-order valence-electron chi connectivity index (χ4n) is 3.80. The van der Waals surface area contributed by atoms with Crippen molar-refractivity contribution in [3.63, 3.8) is 0 Å². The molecule has 0 saturated carbocycles. The molecule has 3 heterocycles. The molecule has 11 heteroatoms. The molecule has 1 aromatic carbocycles.